The SMILES string of the molecule is COc1ccc(NC(=O)CN(Cc2ccc(Cl)c(Cl)c2)S(=O)(=O)c2c(C)cc(C)cc2C)cc1. The van der Waals surface area contributed by atoms with Crippen LogP contribution in [0.25, 0.3) is 0 Å². The van der Waals surface area contributed by atoms with Crippen molar-refractivity contribution in [1.82, 2.24) is 4.31 Å². The number of carbonyl (C=O) groups excluding carboxylic acids is 1. The zero-order valence-corrected chi connectivity index (χ0v) is 21.7. The summed E-state index contributed by atoms with van der Waals surface area (Å²) in [5.41, 5.74) is 3.33. The molecule has 0 radical (unpaired) electrons. The molecule has 0 fully saturated rings. The Labute approximate surface area is 210 Å². The van der Waals surface area contributed by atoms with Gasteiger partial charge in [-0.25, -0.2) is 8.42 Å². The third-order valence-electron chi connectivity index (χ3n) is 5.24. The van der Waals surface area contributed by atoms with Crippen LogP contribution in [0.5, 0.6) is 5.75 Å². The highest BCUT2D eigenvalue weighted by Gasteiger charge is 2.30. The summed E-state index contributed by atoms with van der Waals surface area (Å²) >= 11 is 12.2. The van der Waals surface area contributed by atoms with Gasteiger partial charge in [-0.05, 0) is 73.9 Å². The maximum atomic E-state index is 13.8. The monoisotopic (exact) mass is 520 g/mol. The number of carbonyl (C=O) groups is 1. The van der Waals surface area contributed by atoms with E-state index in [-0.39, 0.29) is 18.0 Å². The number of nitrogens with zero attached hydrogens (tertiary/aromatic N) is 1. The van der Waals surface area contributed by atoms with Gasteiger partial charge in [0.05, 0.1) is 28.6 Å². The number of anilines is 1. The molecular formula is C25H26Cl2N2O4S. The van der Waals surface area contributed by atoms with Gasteiger partial charge in [0.1, 0.15) is 5.75 Å². The number of hydrogen-bond acceptors (Lipinski definition) is 4. The Morgan fingerprint density at radius 1 is 0.941 bits per heavy atom. The number of aryl methyl sites for hydroxylation is 3. The van der Waals surface area contributed by atoms with Gasteiger partial charge in [0.15, 0.2) is 0 Å². The highest BCUT2D eigenvalue weighted by atomic mass is 35.5. The number of sulfonamides is 1. The van der Waals surface area contributed by atoms with E-state index in [1.807, 2.05) is 19.1 Å². The fourth-order valence-corrected chi connectivity index (χ4v) is 5.92. The van der Waals surface area contributed by atoms with Gasteiger partial charge in [-0.3, -0.25) is 4.79 Å². The molecule has 1 N–H and O–H groups in total. The highest BCUT2D eigenvalue weighted by Crippen LogP contribution is 2.28. The molecule has 3 aromatic carbocycles. The summed E-state index contributed by atoms with van der Waals surface area (Å²) < 4.78 is 33.8. The second-order valence-electron chi connectivity index (χ2n) is 8.03. The van der Waals surface area contributed by atoms with Crippen molar-refractivity contribution in [3.8, 4) is 5.75 Å². The van der Waals surface area contributed by atoms with E-state index in [2.05, 4.69) is 5.32 Å². The number of ether oxygens (including phenoxy) is 1. The average Bonchev–Trinajstić information content (AvgIpc) is 2.75. The lowest BCUT2D eigenvalue weighted by molar-refractivity contribution is -0.116. The maximum absolute atomic E-state index is 13.8. The zero-order valence-electron chi connectivity index (χ0n) is 19.4. The Morgan fingerprint density at radius 3 is 2.12 bits per heavy atom. The Bertz CT molecular complexity index is 1290. The average molecular weight is 521 g/mol. The van der Waals surface area contributed by atoms with Crippen molar-refractivity contribution in [2.24, 2.45) is 0 Å². The quantitative estimate of drug-likeness (QED) is 0.409. The van der Waals surface area contributed by atoms with E-state index < -0.39 is 15.9 Å². The molecule has 0 unspecified atom stereocenters. The summed E-state index contributed by atoms with van der Waals surface area (Å²) in [5.74, 6) is 0.170. The normalized spacial score (nSPS) is 11.5. The number of benzene rings is 3. The van der Waals surface area contributed by atoms with Crippen LogP contribution < -0.4 is 10.1 Å². The lowest BCUT2D eigenvalue weighted by Gasteiger charge is -2.24. The van der Waals surface area contributed by atoms with Crippen LogP contribution >= 0.6 is 23.2 Å². The van der Waals surface area contributed by atoms with E-state index in [9.17, 15) is 13.2 Å². The third-order valence-corrected chi connectivity index (χ3v) is 8.08. The van der Waals surface area contributed by atoms with Gasteiger partial charge < -0.3 is 10.1 Å². The van der Waals surface area contributed by atoms with Crippen molar-refractivity contribution in [1.29, 1.82) is 0 Å². The number of hydrogen-bond donors (Lipinski definition) is 1. The van der Waals surface area contributed by atoms with Gasteiger partial charge in [-0.2, -0.15) is 4.31 Å². The van der Waals surface area contributed by atoms with Crippen LogP contribution in [-0.2, 0) is 21.4 Å². The predicted octanol–water partition coefficient (Wildman–Crippen LogP) is 5.76. The summed E-state index contributed by atoms with van der Waals surface area (Å²) in [4.78, 5) is 13.1. The molecule has 6 nitrogen and oxygen atoms in total. The summed E-state index contributed by atoms with van der Waals surface area (Å²) in [7, 11) is -2.47. The molecule has 0 spiro atoms. The first-order valence-electron chi connectivity index (χ1n) is 10.5. The van der Waals surface area contributed by atoms with Crippen LogP contribution in [0.2, 0.25) is 10.0 Å². The lowest BCUT2D eigenvalue weighted by Crippen LogP contribution is -2.38. The minimum Gasteiger partial charge on any atom is -0.497 e. The zero-order chi connectivity index (χ0) is 25.0. The van der Waals surface area contributed by atoms with Gasteiger partial charge >= 0.3 is 0 Å². The summed E-state index contributed by atoms with van der Waals surface area (Å²) in [6.07, 6.45) is 0. The standard InChI is InChI=1S/C25H26Cl2N2O4S/c1-16-11-17(2)25(18(3)12-16)34(31,32)29(14-19-5-10-22(26)23(27)13-19)15-24(30)28-20-6-8-21(33-4)9-7-20/h5-13H,14-15H2,1-4H3,(H,28,30). The van der Waals surface area contributed by atoms with Crippen molar-refractivity contribution in [2.75, 3.05) is 19.0 Å². The van der Waals surface area contributed by atoms with Crippen LogP contribution in [0.1, 0.15) is 22.3 Å². The van der Waals surface area contributed by atoms with Crippen molar-refractivity contribution in [3.63, 3.8) is 0 Å². The van der Waals surface area contributed by atoms with Gasteiger partial charge in [-0.15, -0.1) is 0 Å². The molecule has 34 heavy (non-hydrogen) atoms. The second-order valence-corrected chi connectivity index (χ2v) is 10.7. The molecule has 0 aliphatic carbocycles. The van der Waals surface area contributed by atoms with Crippen LogP contribution in [0.15, 0.2) is 59.5 Å². The Morgan fingerprint density at radius 2 is 1.56 bits per heavy atom. The van der Waals surface area contributed by atoms with Gasteiger partial charge in [0, 0.05) is 12.2 Å². The van der Waals surface area contributed by atoms with Crippen LogP contribution in [0.3, 0.4) is 0 Å². The Hall–Kier alpha value is -2.58. The molecule has 0 saturated carbocycles. The molecule has 3 aromatic rings. The van der Waals surface area contributed by atoms with Gasteiger partial charge in [-0.1, -0.05) is 47.0 Å². The fourth-order valence-electron chi connectivity index (χ4n) is 3.81. The van der Waals surface area contributed by atoms with E-state index in [4.69, 9.17) is 27.9 Å². The Balaban J connectivity index is 1.95. The lowest BCUT2D eigenvalue weighted by atomic mass is 10.1. The van der Waals surface area contributed by atoms with Crippen LogP contribution in [0, 0.1) is 20.8 Å². The first kappa shape index (κ1) is 26.0. The van der Waals surface area contributed by atoms with E-state index in [1.165, 1.54) is 0 Å². The van der Waals surface area contributed by atoms with Crippen molar-refractivity contribution in [2.45, 2.75) is 32.2 Å². The smallest absolute Gasteiger partial charge is 0.244 e. The van der Waals surface area contributed by atoms with Crippen LogP contribution in [-0.4, -0.2) is 32.3 Å². The molecule has 3 rings (SSSR count). The molecule has 0 heterocycles. The molecular weight excluding hydrogens is 495 g/mol. The molecule has 0 bridgehead atoms. The molecule has 180 valence electrons. The van der Waals surface area contributed by atoms with E-state index >= 15 is 0 Å². The number of methoxy groups -OCH3 is 1. The number of amides is 1. The van der Waals surface area contributed by atoms with E-state index in [0.29, 0.717) is 38.2 Å². The number of halogens is 2. The van der Waals surface area contributed by atoms with Crippen molar-refractivity contribution >= 4 is 44.8 Å². The second kappa shape index (κ2) is 10.8. The number of rotatable bonds is 8. The first-order chi connectivity index (χ1) is 16.0. The number of nitrogens with one attached hydrogen (secondary N) is 1. The topological polar surface area (TPSA) is 75.7 Å². The minimum atomic E-state index is -4.02. The molecule has 0 aliphatic heterocycles. The maximum Gasteiger partial charge on any atom is 0.244 e. The van der Waals surface area contributed by atoms with Crippen molar-refractivity contribution in [3.05, 3.63) is 86.9 Å². The summed E-state index contributed by atoms with van der Waals surface area (Å²) in [6, 6.07) is 15.3. The largest absolute Gasteiger partial charge is 0.497 e. The fraction of sp³-hybridized carbons (Fsp3) is 0.240. The van der Waals surface area contributed by atoms with Gasteiger partial charge in [0.2, 0.25) is 15.9 Å². The molecule has 9 heteroatoms. The van der Waals surface area contributed by atoms with Gasteiger partial charge in [0.25, 0.3) is 0 Å². The molecule has 1 amide bonds. The first-order valence-corrected chi connectivity index (χ1v) is 12.7. The molecule has 0 atom stereocenters. The Kier molecular flexibility index (Phi) is 8.25. The minimum absolute atomic E-state index is 0.0536. The van der Waals surface area contributed by atoms with E-state index in [1.54, 1.807) is 63.4 Å². The molecule has 0 aromatic heterocycles. The molecule has 0 saturated heterocycles. The summed E-state index contributed by atoms with van der Waals surface area (Å²) in [6.45, 7) is 4.97. The summed E-state index contributed by atoms with van der Waals surface area (Å²) in [5, 5.41) is 3.41. The van der Waals surface area contributed by atoms with E-state index in [0.717, 1.165) is 9.87 Å². The van der Waals surface area contributed by atoms with Crippen molar-refractivity contribution < 1.29 is 17.9 Å². The predicted molar refractivity (Wildman–Crippen MR) is 136 cm³/mol. The molecule has 0 aliphatic rings. The third kappa shape index (κ3) is 6.10. The highest BCUT2D eigenvalue weighted by molar-refractivity contribution is 7.89. The van der Waals surface area contributed by atoms with Crippen LogP contribution in [0.4, 0.5) is 5.69 Å².